The molecule has 102 valence electrons. The van der Waals surface area contributed by atoms with Crippen LogP contribution in [0.4, 0.5) is 4.39 Å². The summed E-state index contributed by atoms with van der Waals surface area (Å²) in [7, 11) is 0. The van der Waals surface area contributed by atoms with Gasteiger partial charge in [-0.15, -0.1) is 0 Å². The molecule has 1 aliphatic heterocycles. The molecule has 0 radical (unpaired) electrons. The van der Waals surface area contributed by atoms with Crippen molar-refractivity contribution < 1.29 is 19.1 Å². The van der Waals surface area contributed by atoms with Crippen LogP contribution in [0.25, 0.3) is 0 Å². The molecule has 5 nitrogen and oxygen atoms in total. The lowest BCUT2D eigenvalue weighted by Crippen LogP contribution is -2.45. The quantitative estimate of drug-likeness (QED) is 0.756. The van der Waals surface area contributed by atoms with Gasteiger partial charge in [0.2, 0.25) is 5.91 Å². The number of hydrogen-bond donors (Lipinski definition) is 3. The zero-order chi connectivity index (χ0) is 13.8. The van der Waals surface area contributed by atoms with Crippen molar-refractivity contribution in [3.8, 4) is 0 Å². The molecular weight excluding hydrogens is 251 g/mol. The first kappa shape index (κ1) is 13.5. The molecule has 3 N–H and O–H groups in total. The van der Waals surface area contributed by atoms with E-state index >= 15 is 0 Å². The zero-order valence-corrected chi connectivity index (χ0v) is 10.3. The van der Waals surface area contributed by atoms with E-state index in [0.29, 0.717) is 25.1 Å². The Morgan fingerprint density at radius 2 is 2.32 bits per heavy atom. The molecule has 1 saturated heterocycles. The van der Waals surface area contributed by atoms with E-state index in [9.17, 15) is 14.0 Å². The number of benzene rings is 1. The average molecular weight is 266 g/mol. The number of aromatic carboxylic acids is 1. The molecule has 19 heavy (non-hydrogen) atoms. The molecule has 1 atom stereocenters. The molecule has 0 spiro atoms. The third-order valence-electron chi connectivity index (χ3n) is 3.12. The first-order valence-corrected chi connectivity index (χ1v) is 6.08. The summed E-state index contributed by atoms with van der Waals surface area (Å²) in [5.74, 6) is -1.95. The van der Waals surface area contributed by atoms with Gasteiger partial charge in [-0.05, 0) is 24.1 Å². The van der Waals surface area contributed by atoms with Crippen LogP contribution in [0, 0.1) is 5.82 Å². The fourth-order valence-electron chi connectivity index (χ4n) is 2.01. The first-order valence-electron chi connectivity index (χ1n) is 6.08. The Kier molecular flexibility index (Phi) is 4.11. The highest BCUT2D eigenvalue weighted by Gasteiger charge is 2.17. The Bertz CT molecular complexity index is 495. The summed E-state index contributed by atoms with van der Waals surface area (Å²) in [6.07, 6.45) is 1.24. The Balaban J connectivity index is 1.91. The summed E-state index contributed by atoms with van der Waals surface area (Å²) in [6, 6.07) is 4.23. The molecule has 0 saturated carbocycles. The molecule has 1 fully saturated rings. The smallest absolute Gasteiger partial charge is 0.338 e. The van der Waals surface area contributed by atoms with Gasteiger partial charge in [-0.25, -0.2) is 9.18 Å². The fourth-order valence-corrected chi connectivity index (χ4v) is 2.01. The maximum absolute atomic E-state index is 13.5. The van der Waals surface area contributed by atoms with E-state index in [1.54, 1.807) is 6.07 Å². The maximum atomic E-state index is 13.5. The number of hydrogen-bond acceptors (Lipinski definition) is 3. The standard InChI is InChI=1S/C13H15FN2O3/c14-11-5-8(1-3-10(11)13(18)19)6-15-9-2-4-12(17)16-7-9/h1,3,5,9,15H,2,4,6-7H2,(H,16,17)(H,18,19). The van der Waals surface area contributed by atoms with Crippen molar-refractivity contribution in [2.24, 2.45) is 0 Å². The van der Waals surface area contributed by atoms with Gasteiger partial charge in [0, 0.05) is 25.6 Å². The zero-order valence-electron chi connectivity index (χ0n) is 10.3. The lowest BCUT2D eigenvalue weighted by atomic mass is 10.1. The van der Waals surface area contributed by atoms with Gasteiger partial charge in [-0.1, -0.05) is 6.07 Å². The third-order valence-corrected chi connectivity index (χ3v) is 3.12. The van der Waals surface area contributed by atoms with E-state index < -0.39 is 11.8 Å². The first-order chi connectivity index (χ1) is 9.06. The predicted octanol–water partition coefficient (Wildman–Crippen LogP) is 0.892. The van der Waals surface area contributed by atoms with Crippen molar-refractivity contribution in [3.05, 3.63) is 35.1 Å². The number of carboxylic acids is 1. The summed E-state index contributed by atoms with van der Waals surface area (Å²) in [4.78, 5) is 21.7. The Morgan fingerprint density at radius 3 is 2.89 bits per heavy atom. The summed E-state index contributed by atoms with van der Waals surface area (Å²) < 4.78 is 13.5. The van der Waals surface area contributed by atoms with Crippen LogP contribution in [-0.4, -0.2) is 29.6 Å². The highest BCUT2D eigenvalue weighted by molar-refractivity contribution is 5.87. The van der Waals surface area contributed by atoms with E-state index in [1.807, 2.05) is 0 Å². The van der Waals surface area contributed by atoms with Crippen molar-refractivity contribution >= 4 is 11.9 Å². The minimum absolute atomic E-state index is 0.0508. The van der Waals surface area contributed by atoms with Gasteiger partial charge in [0.25, 0.3) is 0 Å². The number of halogens is 1. The number of carbonyl (C=O) groups excluding carboxylic acids is 1. The van der Waals surface area contributed by atoms with E-state index in [4.69, 9.17) is 5.11 Å². The lowest BCUT2D eigenvalue weighted by Gasteiger charge is -2.23. The molecule has 0 aromatic heterocycles. The monoisotopic (exact) mass is 266 g/mol. The molecule has 1 aromatic carbocycles. The predicted molar refractivity (Wildman–Crippen MR) is 66.2 cm³/mol. The maximum Gasteiger partial charge on any atom is 0.338 e. The molecule has 1 unspecified atom stereocenters. The number of piperidine rings is 1. The minimum Gasteiger partial charge on any atom is -0.478 e. The van der Waals surface area contributed by atoms with Crippen LogP contribution >= 0.6 is 0 Å². The van der Waals surface area contributed by atoms with Crippen LogP contribution in [0.1, 0.15) is 28.8 Å². The van der Waals surface area contributed by atoms with E-state index in [0.717, 1.165) is 6.42 Å². The number of rotatable bonds is 4. The second-order valence-electron chi connectivity index (χ2n) is 4.54. The molecule has 1 aliphatic rings. The van der Waals surface area contributed by atoms with Crippen LogP contribution in [0.3, 0.4) is 0 Å². The van der Waals surface area contributed by atoms with Crippen LogP contribution < -0.4 is 10.6 Å². The SMILES string of the molecule is O=C1CCC(NCc2ccc(C(=O)O)c(F)c2)CN1. The van der Waals surface area contributed by atoms with E-state index in [-0.39, 0.29) is 17.5 Å². The van der Waals surface area contributed by atoms with E-state index in [1.165, 1.54) is 12.1 Å². The number of carbonyl (C=O) groups is 2. The van der Waals surface area contributed by atoms with Gasteiger partial charge in [0.1, 0.15) is 5.82 Å². The van der Waals surface area contributed by atoms with Crippen molar-refractivity contribution in [1.82, 2.24) is 10.6 Å². The molecule has 1 heterocycles. The van der Waals surface area contributed by atoms with Gasteiger partial charge < -0.3 is 15.7 Å². The Morgan fingerprint density at radius 1 is 1.53 bits per heavy atom. The second-order valence-corrected chi connectivity index (χ2v) is 4.54. The van der Waals surface area contributed by atoms with Gasteiger partial charge in [-0.3, -0.25) is 4.79 Å². The highest BCUT2D eigenvalue weighted by atomic mass is 19.1. The molecule has 6 heteroatoms. The summed E-state index contributed by atoms with van der Waals surface area (Å²) in [5, 5.41) is 14.7. The molecule has 1 amide bonds. The molecule has 0 aliphatic carbocycles. The topological polar surface area (TPSA) is 78.4 Å². The normalized spacial score (nSPS) is 19.0. The van der Waals surface area contributed by atoms with Gasteiger partial charge in [0.15, 0.2) is 0 Å². The van der Waals surface area contributed by atoms with Gasteiger partial charge in [-0.2, -0.15) is 0 Å². The van der Waals surface area contributed by atoms with Crippen LogP contribution in [0.5, 0.6) is 0 Å². The molecule has 2 rings (SSSR count). The Hall–Kier alpha value is -1.95. The summed E-state index contributed by atoms with van der Waals surface area (Å²) >= 11 is 0. The lowest BCUT2D eigenvalue weighted by molar-refractivity contribution is -0.122. The molecular formula is C13H15FN2O3. The van der Waals surface area contributed by atoms with Crippen LogP contribution in [0.2, 0.25) is 0 Å². The van der Waals surface area contributed by atoms with Crippen molar-refractivity contribution in [2.75, 3.05) is 6.54 Å². The van der Waals surface area contributed by atoms with Crippen molar-refractivity contribution in [1.29, 1.82) is 0 Å². The number of nitrogens with one attached hydrogen (secondary N) is 2. The number of amides is 1. The van der Waals surface area contributed by atoms with Crippen LogP contribution in [-0.2, 0) is 11.3 Å². The Labute approximate surface area is 109 Å². The minimum atomic E-state index is -1.27. The van der Waals surface area contributed by atoms with Gasteiger partial charge >= 0.3 is 5.97 Å². The fraction of sp³-hybridized carbons (Fsp3) is 0.385. The third kappa shape index (κ3) is 3.51. The highest BCUT2D eigenvalue weighted by Crippen LogP contribution is 2.11. The summed E-state index contributed by atoms with van der Waals surface area (Å²) in [5.41, 5.74) is 0.355. The van der Waals surface area contributed by atoms with Gasteiger partial charge in [0.05, 0.1) is 5.56 Å². The number of carboxylic acid groups (broad SMARTS) is 1. The molecule has 0 bridgehead atoms. The summed E-state index contributed by atoms with van der Waals surface area (Å²) in [6.45, 7) is 1.01. The van der Waals surface area contributed by atoms with Crippen LogP contribution in [0.15, 0.2) is 18.2 Å². The largest absolute Gasteiger partial charge is 0.478 e. The van der Waals surface area contributed by atoms with Crippen molar-refractivity contribution in [2.45, 2.75) is 25.4 Å². The average Bonchev–Trinajstić information content (AvgIpc) is 2.37. The van der Waals surface area contributed by atoms with E-state index in [2.05, 4.69) is 10.6 Å². The second kappa shape index (κ2) is 5.79. The van der Waals surface area contributed by atoms with Crippen molar-refractivity contribution in [3.63, 3.8) is 0 Å². The molecule has 1 aromatic rings.